The Hall–Kier alpha value is -2.45. The topological polar surface area (TPSA) is 128 Å². The van der Waals surface area contributed by atoms with Gasteiger partial charge in [0.05, 0.1) is 23.2 Å². The minimum atomic E-state index is -3.80. The Morgan fingerprint density at radius 1 is 1.24 bits per heavy atom. The third-order valence-corrected chi connectivity index (χ3v) is 3.55. The number of nitrogens with two attached hydrogens (primary N) is 2. The van der Waals surface area contributed by atoms with Crippen LogP contribution in [-0.2, 0) is 21.2 Å². The number of rotatable bonds is 4. The van der Waals surface area contributed by atoms with Crippen molar-refractivity contribution in [2.24, 2.45) is 5.14 Å². The van der Waals surface area contributed by atoms with E-state index in [9.17, 15) is 13.2 Å². The summed E-state index contributed by atoms with van der Waals surface area (Å²) in [6, 6.07) is 9.02. The number of pyridine rings is 1. The Bertz CT molecular complexity index is 757. The molecule has 0 atom stereocenters. The summed E-state index contributed by atoms with van der Waals surface area (Å²) in [5.74, 6) is -0.321. The lowest BCUT2D eigenvalue weighted by molar-refractivity contribution is -0.115. The van der Waals surface area contributed by atoms with Gasteiger partial charge in [-0.1, -0.05) is 6.07 Å². The molecule has 0 saturated heterocycles. The number of primary sulfonamides is 1. The fourth-order valence-electron chi connectivity index (χ4n) is 1.66. The molecule has 1 aromatic heterocycles. The molecule has 2 aromatic rings. The van der Waals surface area contributed by atoms with Crippen LogP contribution in [0.4, 0.5) is 11.4 Å². The van der Waals surface area contributed by atoms with E-state index >= 15 is 0 Å². The van der Waals surface area contributed by atoms with Gasteiger partial charge in [0, 0.05) is 11.4 Å². The van der Waals surface area contributed by atoms with E-state index in [1.807, 2.05) is 0 Å². The molecular weight excluding hydrogens is 292 g/mol. The van der Waals surface area contributed by atoms with Gasteiger partial charge in [-0.2, -0.15) is 0 Å². The van der Waals surface area contributed by atoms with Crippen LogP contribution < -0.4 is 16.2 Å². The van der Waals surface area contributed by atoms with Crippen LogP contribution in [0.15, 0.2) is 47.5 Å². The van der Waals surface area contributed by atoms with Crippen LogP contribution in [0.3, 0.4) is 0 Å². The average Bonchev–Trinajstić information content (AvgIpc) is 2.41. The monoisotopic (exact) mass is 306 g/mol. The minimum absolute atomic E-state index is 0.0554. The summed E-state index contributed by atoms with van der Waals surface area (Å²) < 4.78 is 22.5. The number of nitrogens with one attached hydrogen (secondary N) is 1. The molecule has 5 N–H and O–H groups in total. The molecule has 0 aliphatic heterocycles. The van der Waals surface area contributed by atoms with Crippen LogP contribution >= 0.6 is 0 Å². The predicted molar refractivity (Wildman–Crippen MR) is 78.8 cm³/mol. The SMILES string of the molecule is Nc1ccc(CC(=O)Nc2cccc(S(N)(=O)=O)c2)nc1. The molecule has 110 valence electrons. The van der Waals surface area contributed by atoms with Gasteiger partial charge in [-0.25, -0.2) is 13.6 Å². The largest absolute Gasteiger partial charge is 0.397 e. The first-order valence-electron chi connectivity index (χ1n) is 5.98. The second-order valence-electron chi connectivity index (χ2n) is 4.38. The molecule has 21 heavy (non-hydrogen) atoms. The first-order valence-corrected chi connectivity index (χ1v) is 7.52. The molecule has 1 heterocycles. The minimum Gasteiger partial charge on any atom is -0.397 e. The molecule has 0 radical (unpaired) electrons. The van der Waals surface area contributed by atoms with Crippen LogP contribution in [0.2, 0.25) is 0 Å². The van der Waals surface area contributed by atoms with Gasteiger partial charge in [-0.15, -0.1) is 0 Å². The number of hydrogen-bond acceptors (Lipinski definition) is 5. The van der Waals surface area contributed by atoms with Crippen molar-refractivity contribution in [2.75, 3.05) is 11.1 Å². The van der Waals surface area contributed by atoms with E-state index in [-0.39, 0.29) is 17.2 Å². The molecule has 0 unspecified atom stereocenters. The summed E-state index contributed by atoms with van der Waals surface area (Å²) in [5.41, 5.74) is 6.93. The number of carbonyl (C=O) groups is 1. The fraction of sp³-hybridized carbons (Fsp3) is 0.0769. The third-order valence-electron chi connectivity index (χ3n) is 2.64. The highest BCUT2D eigenvalue weighted by Crippen LogP contribution is 2.14. The maximum atomic E-state index is 11.9. The lowest BCUT2D eigenvalue weighted by atomic mass is 10.2. The van der Waals surface area contributed by atoms with Gasteiger partial charge in [0.15, 0.2) is 0 Å². The fourth-order valence-corrected chi connectivity index (χ4v) is 2.22. The number of carbonyl (C=O) groups excluding carboxylic acids is 1. The predicted octanol–water partition coefficient (Wildman–Crippen LogP) is 0.492. The Labute approximate surface area is 122 Å². The number of aromatic nitrogens is 1. The van der Waals surface area contributed by atoms with Crippen molar-refractivity contribution in [3.8, 4) is 0 Å². The summed E-state index contributed by atoms with van der Waals surface area (Å²) >= 11 is 0. The van der Waals surface area contributed by atoms with Crippen molar-refractivity contribution in [1.29, 1.82) is 0 Å². The molecule has 7 nitrogen and oxygen atoms in total. The van der Waals surface area contributed by atoms with E-state index in [0.29, 0.717) is 17.1 Å². The lowest BCUT2D eigenvalue weighted by Crippen LogP contribution is -2.16. The molecule has 0 spiro atoms. The van der Waals surface area contributed by atoms with Crippen molar-refractivity contribution < 1.29 is 13.2 Å². The van der Waals surface area contributed by atoms with Gasteiger partial charge in [-0.3, -0.25) is 9.78 Å². The zero-order chi connectivity index (χ0) is 15.5. The quantitative estimate of drug-likeness (QED) is 0.757. The molecule has 1 aromatic carbocycles. The maximum Gasteiger partial charge on any atom is 0.238 e. The molecule has 0 aliphatic carbocycles. The molecule has 2 rings (SSSR count). The number of nitrogens with zero attached hydrogens (tertiary/aromatic N) is 1. The van der Waals surface area contributed by atoms with Crippen molar-refractivity contribution >= 4 is 27.3 Å². The Morgan fingerprint density at radius 3 is 2.62 bits per heavy atom. The number of sulfonamides is 1. The van der Waals surface area contributed by atoms with Crippen LogP contribution in [0.1, 0.15) is 5.69 Å². The van der Waals surface area contributed by atoms with Gasteiger partial charge >= 0.3 is 0 Å². The number of benzene rings is 1. The summed E-state index contributed by atoms with van der Waals surface area (Å²) in [6.45, 7) is 0. The smallest absolute Gasteiger partial charge is 0.238 e. The van der Waals surface area contributed by atoms with E-state index in [4.69, 9.17) is 10.9 Å². The van der Waals surface area contributed by atoms with Crippen molar-refractivity contribution in [3.05, 3.63) is 48.3 Å². The first kappa shape index (κ1) is 14.9. The third kappa shape index (κ3) is 4.26. The van der Waals surface area contributed by atoms with Gasteiger partial charge in [-0.05, 0) is 30.3 Å². The Kier molecular flexibility index (Phi) is 4.20. The molecule has 0 saturated carbocycles. The van der Waals surface area contributed by atoms with Gasteiger partial charge < -0.3 is 11.1 Å². The Balaban J connectivity index is 2.08. The molecule has 1 amide bonds. The van der Waals surface area contributed by atoms with E-state index in [1.165, 1.54) is 24.4 Å². The van der Waals surface area contributed by atoms with Crippen LogP contribution in [0.5, 0.6) is 0 Å². The van der Waals surface area contributed by atoms with Crippen molar-refractivity contribution in [3.63, 3.8) is 0 Å². The highest BCUT2D eigenvalue weighted by Gasteiger charge is 2.10. The van der Waals surface area contributed by atoms with Crippen LogP contribution in [-0.4, -0.2) is 19.3 Å². The average molecular weight is 306 g/mol. The summed E-state index contributed by atoms with van der Waals surface area (Å²) in [4.78, 5) is 15.8. The lowest BCUT2D eigenvalue weighted by Gasteiger charge is -2.06. The summed E-state index contributed by atoms with van der Waals surface area (Å²) in [6.07, 6.45) is 1.52. The van der Waals surface area contributed by atoms with E-state index in [1.54, 1.807) is 18.2 Å². The number of hydrogen-bond donors (Lipinski definition) is 3. The second kappa shape index (κ2) is 5.90. The Morgan fingerprint density at radius 2 is 2.00 bits per heavy atom. The first-order chi connectivity index (χ1) is 9.84. The standard InChI is InChI=1S/C13H14N4O3S/c14-9-4-5-10(16-8-9)7-13(18)17-11-2-1-3-12(6-11)21(15,19)20/h1-6,8H,7,14H2,(H,17,18)(H2,15,19,20). The van der Waals surface area contributed by atoms with Crippen LogP contribution in [0.25, 0.3) is 0 Å². The van der Waals surface area contributed by atoms with Gasteiger partial charge in [0.2, 0.25) is 15.9 Å². The zero-order valence-electron chi connectivity index (χ0n) is 11.0. The number of anilines is 2. The van der Waals surface area contributed by atoms with Crippen molar-refractivity contribution in [1.82, 2.24) is 4.98 Å². The zero-order valence-corrected chi connectivity index (χ0v) is 11.8. The normalized spacial score (nSPS) is 11.1. The second-order valence-corrected chi connectivity index (χ2v) is 5.94. The van der Waals surface area contributed by atoms with E-state index in [2.05, 4.69) is 10.3 Å². The number of amides is 1. The van der Waals surface area contributed by atoms with E-state index < -0.39 is 10.0 Å². The molecular formula is C13H14N4O3S. The molecule has 0 fully saturated rings. The van der Waals surface area contributed by atoms with Gasteiger partial charge in [0.25, 0.3) is 0 Å². The maximum absolute atomic E-state index is 11.9. The van der Waals surface area contributed by atoms with Gasteiger partial charge in [0.1, 0.15) is 0 Å². The molecule has 0 aliphatic rings. The number of nitrogen functional groups attached to an aromatic ring is 1. The highest BCUT2D eigenvalue weighted by atomic mass is 32.2. The molecule has 0 bridgehead atoms. The molecule has 8 heteroatoms. The highest BCUT2D eigenvalue weighted by molar-refractivity contribution is 7.89. The van der Waals surface area contributed by atoms with Crippen molar-refractivity contribution in [2.45, 2.75) is 11.3 Å². The summed E-state index contributed by atoms with van der Waals surface area (Å²) in [5, 5.41) is 7.62. The van der Waals surface area contributed by atoms with Crippen LogP contribution in [0, 0.1) is 0 Å². The van der Waals surface area contributed by atoms with E-state index in [0.717, 1.165) is 0 Å². The summed E-state index contributed by atoms with van der Waals surface area (Å²) in [7, 11) is -3.80.